The van der Waals surface area contributed by atoms with E-state index in [1.807, 2.05) is 24.5 Å². The molecule has 0 unspecified atom stereocenters. The van der Waals surface area contributed by atoms with Gasteiger partial charge in [-0.15, -0.1) is 10.2 Å². The molecule has 4 nitrogen and oxygen atoms in total. The first-order valence-electron chi connectivity index (χ1n) is 7.03. The molecule has 100 valence electrons. The van der Waals surface area contributed by atoms with Crippen LogP contribution in [0.4, 0.5) is 0 Å². The van der Waals surface area contributed by atoms with Gasteiger partial charge in [-0.25, -0.2) is 0 Å². The molecule has 19 heavy (non-hydrogen) atoms. The quantitative estimate of drug-likeness (QED) is 0.915. The average molecular weight is 256 g/mol. The fourth-order valence-corrected chi connectivity index (χ4v) is 2.94. The lowest BCUT2D eigenvalue weighted by atomic mass is 10.1. The predicted octanol–water partition coefficient (Wildman–Crippen LogP) is 2.64. The minimum Gasteiger partial charge on any atom is -0.321 e. The van der Waals surface area contributed by atoms with Crippen molar-refractivity contribution in [1.29, 1.82) is 0 Å². The Morgan fingerprint density at radius 1 is 1.21 bits per heavy atom. The molecule has 0 aliphatic heterocycles. The van der Waals surface area contributed by atoms with Crippen molar-refractivity contribution in [2.45, 2.75) is 44.2 Å². The summed E-state index contributed by atoms with van der Waals surface area (Å²) in [6.07, 6.45) is 7.71. The maximum atomic E-state index is 6.32. The van der Waals surface area contributed by atoms with Gasteiger partial charge >= 0.3 is 0 Å². The number of rotatable bonds is 4. The van der Waals surface area contributed by atoms with Crippen molar-refractivity contribution in [2.24, 2.45) is 5.73 Å². The van der Waals surface area contributed by atoms with E-state index in [9.17, 15) is 0 Å². The molecule has 1 aliphatic carbocycles. The number of benzene rings is 1. The van der Waals surface area contributed by atoms with Gasteiger partial charge < -0.3 is 10.3 Å². The summed E-state index contributed by atoms with van der Waals surface area (Å²) in [6.45, 7) is 0. The van der Waals surface area contributed by atoms with Crippen LogP contribution in [0.2, 0.25) is 0 Å². The van der Waals surface area contributed by atoms with E-state index in [0.717, 1.165) is 12.2 Å². The number of hydrogen-bond acceptors (Lipinski definition) is 3. The molecular formula is C15H20N4. The molecule has 3 rings (SSSR count). The van der Waals surface area contributed by atoms with Crippen LogP contribution < -0.4 is 5.73 Å². The van der Waals surface area contributed by atoms with Crippen molar-refractivity contribution in [3.05, 3.63) is 48.0 Å². The predicted molar refractivity (Wildman–Crippen MR) is 74.6 cm³/mol. The maximum Gasteiger partial charge on any atom is 0.150 e. The summed E-state index contributed by atoms with van der Waals surface area (Å²) in [4.78, 5) is 0. The molecule has 0 radical (unpaired) electrons. The molecule has 1 saturated carbocycles. The summed E-state index contributed by atoms with van der Waals surface area (Å²) in [6, 6.07) is 10.8. The van der Waals surface area contributed by atoms with Gasteiger partial charge in [0.1, 0.15) is 12.2 Å². The van der Waals surface area contributed by atoms with Crippen LogP contribution in [0.3, 0.4) is 0 Å². The third-order valence-electron chi connectivity index (χ3n) is 3.95. The van der Waals surface area contributed by atoms with Crippen LogP contribution in [0.5, 0.6) is 0 Å². The zero-order valence-electron chi connectivity index (χ0n) is 11.1. The minimum atomic E-state index is -0.0782. The van der Waals surface area contributed by atoms with E-state index in [-0.39, 0.29) is 6.04 Å². The van der Waals surface area contributed by atoms with E-state index in [2.05, 4.69) is 26.9 Å². The summed E-state index contributed by atoms with van der Waals surface area (Å²) in [5, 5.41) is 8.31. The van der Waals surface area contributed by atoms with Gasteiger partial charge in [-0.2, -0.15) is 0 Å². The molecule has 2 N–H and O–H groups in total. The summed E-state index contributed by atoms with van der Waals surface area (Å²) >= 11 is 0. The maximum absolute atomic E-state index is 6.32. The fourth-order valence-electron chi connectivity index (χ4n) is 2.94. The highest BCUT2D eigenvalue weighted by molar-refractivity contribution is 5.17. The van der Waals surface area contributed by atoms with Crippen LogP contribution in [0, 0.1) is 0 Å². The van der Waals surface area contributed by atoms with Gasteiger partial charge in [-0.05, 0) is 24.8 Å². The van der Waals surface area contributed by atoms with Crippen molar-refractivity contribution in [1.82, 2.24) is 14.8 Å². The molecule has 1 heterocycles. The Labute approximate surface area is 113 Å². The molecule has 1 aromatic heterocycles. The van der Waals surface area contributed by atoms with Gasteiger partial charge in [0, 0.05) is 6.04 Å². The highest BCUT2D eigenvalue weighted by Crippen LogP contribution is 2.31. The standard InChI is InChI=1S/C15H20N4/c16-14(10-12-6-2-1-3-7-12)15-18-17-11-19(15)13-8-4-5-9-13/h1-3,6-7,11,13-14H,4-5,8-10,16H2/t14-/m0/s1. The van der Waals surface area contributed by atoms with Crippen LogP contribution >= 0.6 is 0 Å². The lowest BCUT2D eigenvalue weighted by molar-refractivity contribution is 0.474. The van der Waals surface area contributed by atoms with E-state index >= 15 is 0 Å². The lowest BCUT2D eigenvalue weighted by Crippen LogP contribution is -2.20. The van der Waals surface area contributed by atoms with E-state index in [1.165, 1.54) is 31.2 Å². The summed E-state index contributed by atoms with van der Waals surface area (Å²) < 4.78 is 2.20. The molecule has 1 atom stereocenters. The van der Waals surface area contributed by atoms with E-state index in [0.29, 0.717) is 6.04 Å². The number of nitrogens with zero attached hydrogens (tertiary/aromatic N) is 3. The van der Waals surface area contributed by atoms with Gasteiger partial charge in [0.25, 0.3) is 0 Å². The molecule has 1 aromatic carbocycles. The molecule has 0 spiro atoms. The largest absolute Gasteiger partial charge is 0.321 e. The Kier molecular flexibility index (Phi) is 3.60. The first kappa shape index (κ1) is 12.4. The number of hydrogen-bond donors (Lipinski definition) is 1. The Morgan fingerprint density at radius 2 is 1.95 bits per heavy atom. The normalized spacial score (nSPS) is 17.7. The van der Waals surface area contributed by atoms with Gasteiger partial charge in [-0.3, -0.25) is 0 Å². The second-order valence-electron chi connectivity index (χ2n) is 5.33. The van der Waals surface area contributed by atoms with Gasteiger partial charge in [0.05, 0.1) is 6.04 Å². The van der Waals surface area contributed by atoms with Crippen LogP contribution in [0.25, 0.3) is 0 Å². The number of aromatic nitrogens is 3. The molecule has 0 saturated heterocycles. The second kappa shape index (κ2) is 5.53. The fraction of sp³-hybridized carbons (Fsp3) is 0.467. The highest BCUT2D eigenvalue weighted by atomic mass is 15.3. The van der Waals surface area contributed by atoms with Crippen molar-refractivity contribution in [3.8, 4) is 0 Å². The Morgan fingerprint density at radius 3 is 2.68 bits per heavy atom. The van der Waals surface area contributed by atoms with Crippen LogP contribution in [0.1, 0.15) is 49.2 Å². The third kappa shape index (κ3) is 2.68. The van der Waals surface area contributed by atoms with E-state index in [1.54, 1.807) is 0 Å². The lowest BCUT2D eigenvalue weighted by Gasteiger charge is -2.17. The Bertz CT molecular complexity index is 514. The van der Waals surface area contributed by atoms with Gasteiger partial charge in [0.15, 0.2) is 0 Å². The highest BCUT2D eigenvalue weighted by Gasteiger charge is 2.22. The molecule has 0 bridgehead atoms. The second-order valence-corrected chi connectivity index (χ2v) is 5.33. The van der Waals surface area contributed by atoms with E-state index in [4.69, 9.17) is 5.73 Å². The minimum absolute atomic E-state index is 0.0782. The average Bonchev–Trinajstić information content (AvgIpc) is 3.10. The summed E-state index contributed by atoms with van der Waals surface area (Å²) in [5.74, 6) is 0.927. The summed E-state index contributed by atoms with van der Waals surface area (Å²) in [5.41, 5.74) is 7.56. The smallest absolute Gasteiger partial charge is 0.150 e. The molecule has 2 aromatic rings. The zero-order chi connectivity index (χ0) is 13.1. The SMILES string of the molecule is N[C@@H](Cc1ccccc1)c1nncn1C1CCCC1. The Hall–Kier alpha value is -1.68. The molecule has 1 aliphatic rings. The molecular weight excluding hydrogens is 236 g/mol. The molecule has 1 fully saturated rings. The number of nitrogens with two attached hydrogens (primary N) is 1. The molecule has 4 heteroatoms. The van der Waals surface area contributed by atoms with Crippen molar-refractivity contribution < 1.29 is 0 Å². The monoisotopic (exact) mass is 256 g/mol. The third-order valence-corrected chi connectivity index (χ3v) is 3.95. The van der Waals surface area contributed by atoms with E-state index < -0.39 is 0 Å². The van der Waals surface area contributed by atoms with Crippen molar-refractivity contribution >= 4 is 0 Å². The first-order valence-corrected chi connectivity index (χ1v) is 7.03. The van der Waals surface area contributed by atoms with Crippen molar-refractivity contribution in [2.75, 3.05) is 0 Å². The zero-order valence-corrected chi connectivity index (χ0v) is 11.1. The Balaban J connectivity index is 1.76. The summed E-state index contributed by atoms with van der Waals surface area (Å²) in [7, 11) is 0. The van der Waals surface area contributed by atoms with Gasteiger partial charge in [0.2, 0.25) is 0 Å². The van der Waals surface area contributed by atoms with Crippen molar-refractivity contribution in [3.63, 3.8) is 0 Å². The topological polar surface area (TPSA) is 56.7 Å². The van der Waals surface area contributed by atoms with Crippen LogP contribution in [-0.4, -0.2) is 14.8 Å². The first-order chi connectivity index (χ1) is 9.34. The van der Waals surface area contributed by atoms with Gasteiger partial charge in [-0.1, -0.05) is 43.2 Å². The van der Waals surface area contributed by atoms with Crippen LogP contribution in [0.15, 0.2) is 36.7 Å². The molecule has 0 amide bonds. The van der Waals surface area contributed by atoms with Crippen LogP contribution in [-0.2, 0) is 6.42 Å².